The van der Waals surface area contributed by atoms with Gasteiger partial charge in [-0.15, -0.1) is 0 Å². The normalized spacial score (nSPS) is 11.6. The minimum absolute atomic E-state index is 0. The molecule has 0 atom stereocenters. The first-order valence-electron chi connectivity index (χ1n) is 7.96. The van der Waals surface area contributed by atoms with E-state index in [0.29, 0.717) is 0 Å². The number of carbonyl (C=O) groups excluding carboxylic acids is 1. The molecule has 0 aromatic heterocycles. The molecule has 1 rings (SSSR count). The van der Waals surface area contributed by atoms with Crippen molar-refractivity contribution in [2.45, 2.75) is 102 Å². The van der Waals surface area contributed by atoms with Crippen molar-refractivity contribution < 1.29 is 35.7 Å². The number of carbonyl (C=O) groups is 1. The van der Waals surface area contributed by atoms with Gasteiger partial charge < -0.3 is 20.8 Å². The molecule has 0 spiro atoms. The summed E-state index contributed by atoms with van der Waals surface area (Å²) in [7, 11) is 0. The molecule has 1 saturated heterocycles. The van der Waals surface area contributed by atoms with E-state index < -0.39 is 0 Å². The lowest BCUT2D eigenvalue weighted by Gasteiger charge is -1.95. The number of hydrogen-bond donors (Lipinski definition) is 5. The molecule has 10 heteroatoms. The summed E-state index contributed by atoms with van der Waals surface area (Å²) in [4.78, 5) is 12.6. The zero-order valence-corrected chi connectivity index (χ0v) is 19.0. The monoisotopic (exact) mass is 442 g/mol. The number of nitrogens with one attached hydrogen (secondary N) is 1. The summed E-state index contributed by atoms with van der Waals surface area (Å²) in [5.74, 6) is -0.523. The smallest absolute Gasteiger partial charge is 0.221 e. The average Bonchev–Trinajstić information content (AvgIpc) is 2.97. The van der Waals surface area contributed by atoms with E-state index >= 15 is 0 Å². The summed E-state index contributed by atoms with van der Waals surface area (Å²) in [5.41, 5.74) is 7.62. The number of nitriles is 1. The third-order valence-electron chi connectivity index (χ3n) is 3.06. The number of rotatable bonds is 0. The molecule has 1 amide bonds. The first-order chi connectivity index (χ1) is 12.0. The molecule has 0 aromatic rings. The molecule has 0 aromatic carbocycles. The van der Waals surface area contributed by atoms with Crippen LogP contribution in [0.25, 0.3) is 0 Å². The highest BCUT2D eigenvalue weighted by Crippen LogP contribution is 2.46. The van der Waals surface area contributed by atoms with Gasteiger partial charge in [-0.25, -0.2) is 5.26 Å². The van der Waals surface area contributed by atoms with Crippen molar-refractivity contribution in [3.05, 3.63) is 11.1 Å². The second-order valence-corrected chi connectivity index (χ2v) is 6.60. The van der Waals surface area contributed by atoms with Crippen LogP contribution in [0.5, 0.6) is 0 Å². The van der Waals surface area contributed by atoms with Crippen molar-refractivity contribution in [3.8, 4) is 6.07 Å². The zero-order chi connectivity index (χ0) is 23.4. The SMILES string of the molecule is C.C.CC#N.CC(=N)OO.CC(C)=C(C)C.CC(N)=O.CC1(C)OC1(C)C.OO.[OH-]. The minimum atomic E-state index is -0.333. The molecule has 1 heterocycles. The lowest BCUT2D eigenvalue weighted by molar-refractivity contribution is -0.176. The molecular weight excluding hydrogens is 394 g/mol. The van der Waals surface area contributed by atoms with Crippen molar-refractivity contribution in [2.75, 3.05) is 0 Å². The molecule has 0 saturated carbocycles. The Hall–Kier alpha value is -2.03. The number of ether oxygens (including phenoxy) is 1. The van der Waals surface area contributed by atoms with E-state index in [1.165, 1.54) is 31.9 Å². The topological polar surface area (TPSA) is 203 Å². The number of hydrogen-bond acceptors (Lipinski definition) is 9. The molecule has 0 bridgehead atoms. The van der Waals surface area contributed by atoms with E-state index in [0.717, 1.165) is 0 Å². The summed E-state index contributed by atoms with van der Waals surface area (Å²) >= 11 is 0. The summed E-state index contributed by atoms with van der Waals surface area (Å²) in [6, 6.07) is 1.75. The Morgan fingerprint density at radius 1 is 0.967 bits per heavy atom. The van der Waals surface area contributed by atoms with Gasteiger partial charge in [0.05, 0.1) is 17.3 Å². The van der Waals surface area contributed by atoms with Gasteiger partial charge in [-0.05, 0) is 55.4 Å². The van der Waals surface area contributed by atoms with Crippen LogP contribution in [0.2, 0.25) is 0 Å². The van der Waals surface area contributed by atoms with Gasteiger partial charge in [0, 0.05) is 20.8 Å². The molecule has 0 radical (unpaired) electrons. The van der Waals surface area contributed by atoms with Crippen LogP contribution in [0, 0.1) is 16.7 Å². The molecule has 0 aliphatic carbocycles. The quantitative estimate of drug-likeness (QED) is 0.0801. The molecule has 7 N–H and O–H groups in total. The Morgan fingerprint density at radius 2 is 1.07 bits per heavy atom. The van der Waals surface area contributed by atoms with E-state index in [1.54, 1.807) is 6.07 Å². The van der Waals surface area contributed by atoms with Gasteiger partial charge in [0.25, 0.3) is 0 Å². The largest absolute Gasteiger partial charge is 0.870 e. The molecule has 0 unspecified atom stereocenters. The van der Waals surface area contributed by atoms with Crippen LogP contribution < -0.4 is 5.73 Å². The average molecular weight is 443 g/mol. The Balaban J connectivity index is -0.0000000329. The number of nitrogens with two attached hydrogens (primary N) is 1. The summed E-state index contributed by atoms with van der Waals surface area (Å²) in [6.45, 7) is 21.0. The standard InChI is InChI=1S/C6H12O.C6H12.C2H5NO2.C2H5NO.C2H3N.2CH4.H2O2.H2O/c1-5(2)6(3,4)7-5;1-5(2)6(3)4;1-2(3)5-4;1-2(3)4;1-2-3;;;1-2;/h1-4H3;1-4H3;3-4H,1H3;1H3,(H2,3,4);1H3;2*1H4;1-2H;1H2/p-1. The fraction of sp³-hybridized carbons (Fsp3) is 0.750. The summed E-state index contributed by atoms with van der Waals surface area (Å²) < 4.78 is 5.29. The maximum atomic E-state index is 9.22. The molecule has 30 heavy (non-hydrogen) atoms. The Morgan fingerprint density at radius 3 is 1.07 bits per heavy atom. The van der Waals surface area contributed by atoms with E-state index in [9.17, 15) is 4.79 Å². The van der Waals surface area contributed by atoms with Crippen LogP contribution >= 0.6 is 0 Å². The lowest BCUT2D eigenvalue weighted by Crippen LogP contribution is -2.10. The third kappa shape index (κ3) is 56.2. The van der Waals surface area contributed by atoms with Crippen molar-refractivity contribution >= 4 is 11.8 Å². The summed E-state index contributed by atoms with van der Waals surface area (Å²) in [6.07, 6.45) is 0. The maximum Gasteiger partial charge on any atom is 0.221 e. The molecule has 1 aliphatic rings. The van der Waals surface area contributed by atoms with Gasteiger partial charge in [-0.3, -0.25) is 20.7 Å². The van der Waals surface area contributed by atoms with Crippen molar-refractivity contribution in [2.24, 2.45) is 5.73 Å². The zero-order valence-electron chi connectivity index (χ0n) is 19.0. The van der Waals surface area contributed by atoms with Crippen LogP contribution in [-0.4, -0.2) is 44.3 Å². The minimum Gasteiger partial charge on any atom is -0.870 e. The van der Waals surface area contributed by atoms with E-state index in [4.69, 9.17) is 31.2 Å². The predicted octanol–water partition coefficient (Wildman–Crippen LogP) is 5.54. The Labute approximate surface area is 184 Å². The van der Waals surface area contributed by atoms with Gasteiger partial charge in [-0.2, -0.15) is 5.26 Å². The molecule has 1 fully saturated rings. The highest BCUT2D eigenvalue weighted by Gasteiger charge is 2.55. The van der Waals surface area contributed by atoms with Gasteiger partial charge in [0.15, 0.2) is 0 Å². The number of epoxide rings is 1. The van der Waals surface area contributed by atoms with Crippen LogP contribution in [0.1, 0.15) is 91.0 Å². The van der Waals surface area contributed by atoms with E-state index in [1.807, 2.05) is 0 Å². The molecule has 10 nitrogen and oxygen atoms in total. The van der Waals surface area contributed by atoms with Gasteiger partial charge in [0.1, 0.15) is 0 Å². The van der Waals surface area contributed by atoms with Gasteiger partial charge in [-0.1, -0.05) is 26.0 Å². The van der Waals surface area contributed by atoms with E-state index in [-0.39, 0.29) is 43.3 Å². The number of primary amides is 1. The Kier molecular flexibility index (Phi) is 49.6. The molecular formula is C20H48N3O7-. The molecule has 186 valence electrons. The fourth-order valence-corrected chi connectivity index (χ4v) is 0.612. The fourth-order valence-electron chi connectivity index (χ4n) is 0.612. The first kappa shape index (κ1) is 51.0. The van der Waals surface area contributed by atoms with Crippen LogP contribution in [0.3, 0.4) is 0 Å². The predicted molar refractivity (Wildman–Crippen MR) is 123 cm³/mol. The van der Waals surface area contributed by atoms with E-state index in [2.05, 4.69) is 66.0 Å². The van der Waals surface area contributed by atoms with Crippen LogP contribution in [0.4, 0.5) is 0 Å². The molecule has 1 aliphatic heterocycles. The maximum absolute atomic E-state index is 9.22. The van der Waals surface area contributed by atoms with Crippen molar-refractivity contribution in [1.82, 2.24) is 0 Å². The van der Waals surface area contributed by atoms with Crippen LogP contribution in [-0.2, 0) is 14.4 Å². The highest BCUT2D eigenvalue weighted by molar-refractivity contribution is 5.70. The van der Waals surface area contributed by atoms with Crippen LogP contribution in [0.15, 0.2) is 11.1 Å². The third-order valence-corrected chi connectivity index (χ3v) is 3.06. The van der Waals surface area contributed by atoms with Crippen molar-refractivity contribution in [3.63, 3.8) is 0 Å². The summed E-state index contributed by atoms with van der Waals surface area (Å²) in [5, 5.41) is 33.0. The van der Waals surface area contributed by atoms with Gasteiger partial charge in [0.2, 0.25) is 11.8 Å². The van der Waals surface area contributed by atoms with Gasteiger partial charge >= 0.3 is 0 Å². The first-order valence-corrected chi connectivity index (χ1v) is 7.96. The second-order valence-electron chi connectivity index (χ2n) is 6.60. The van der Waals surface area contributed by atoms with Crippen molar-refractivity contribution in [1.29, 1.82) is 10.7 Å². The second kappa shape index (κ2) is 29.2. The lowest BCUT2D eigenvalue weighted by atomic mass is 10.0. The number of allylic oxidation sites excluding steroid dienone is 2. The highest BCUT2D eigenvalue weighted by atomic mass is 17.1. The number of amides is 1. The number of nitrogens with zero attached hydrogens (tertiary/aromatic N) is 1. The Bertz CT molecular complexity index is 436.